The van der Waals surface area contributed by atoms with E-state index in [-0.39, 0.29) is 11.9 Å². The van der Waals surface area contributed by atoms with E-state index in [1.807, 2.05) is 58.9 Å². The van der Waals surface area contributed by atoms with Crippen LogP contribution in [0.1, 0.15) is 40.2 Å². The lowest BCUT2D eigenvalue weighted by molar-refractivity contribution is -0.117. The number of hydrogen-bond donors (Lipinski definition) is 0. The number of benzene rings is 1. The molecule has 0 spiro atoms. The molecular weight excluding hydrogens is 320 g/mol. The Morgan fingerprint density at radius 3 is 2.68 bits per heavy atom. The molecule has 2 aliphatic heterocycles. The molecule has 1 fully saturated rings. The predicted octanol–water partition coefficient (Wildman–Crippen LogP) is 2.95. The van der Waals surface area contributed by atoms with Crippen molar-refractivity contribution < 1.29 is 19.1 Å². The van der Waals surface area contributed by atoms with Gasteiger partial charge < -0.3 is 14.4 Å². The van der Waals surface area contributed by atoms with Crippen LogP contribution < -0.4 is 4.90 Å². The van der Waals surface area contributed by atoms with Crippen molar-refractivity contribution in [1.82, 2.24) is 4.90 Å². The molecule has 1 aromatic rings. The minimum Gasteiger partial charge on any atom is -0.444 e. The van der Waals surface area contributed by atoms with E-state index in [0.29, 0.717) is 19.6 Å². The van der Waals surface area contributed by atoms with Gasteiger partial charge in [0.2, 0.25) is 5.91 Å². The molecule has 6 nitrogen and oxygen atoms in total. The van der Waals surface area contributed by atoms with Crippen molar-refractivity contribution in [3.05, 3.63) is 29.8 Å². The molecule has 0 radical (unpaired) electrons. The third-order valence-electron chi connectivity index (χ3n) is 4.48. The second-order valence-electron chi connectivity index (χ2n) is 8.07. The zero-order chi connectivity index (χ0) is 18.4. The molecule has 0 bridgehead atoms. The van der Waals surface area contributed by atoms with E-state index in [9.17, 15) is 9.59 Å². The number of ether oxygens (including phenoxy) is 2. The van der Waals surface area contributed by atoms with E-state index in [4.69, 9.17) is 9.47 Å². The summed E-state index contributed by atoms with van der Waals surface area (Å²) in [6, 6.07) is 7.52. The summed E-state index contributed by atoms with van der Waals surface area (Å²) in [5, 5.41) is 0. The van der Waals surface area contributed by atoms with E-state index in [1.54, 1.807) is 9.80 Å². The number of carbonyl (C=O) groups excluding carboxylic acids is 2. The smallest absolute Gasteiger partial charge is 0.412 e. The summed E-state index contributed by atoms with van der Waals surface area (Å²) in [6.45, 7) is 9.97. The molecule has 1 atom stereocenters. The first-order valence-corrected chi connectivity index (χ1v) is 8.63. The number of carbonyl (C=O) groups is 2. The Hall–Kier alpha value is -2.08. The molecule has 6 heteroatoms. The highest BCUT2D eigenvalue weighted by Gasteiger charge is 2.47. The quantitative estimate of drug-likeness (QED) is 0.826. The van der Waals surface area contributed by atoms with Gasteiger partial charge in [0, 0.05) is 12.2 Å². The second-order valence-corrected chi connectivity index (χ2v) is 8.07. The van der Waals surface area contributed by atoms with Crippen molar-refractivity contribution in [2.24, 2.45) is 0 Å². The van der Waals surface area contributed by atoms with Crippen LogP contribution in [0.2, 0.25) is 0 Å². The molecular formula is C19H26N2O4. The molecule has 25 heavy (non-hydrogen) atoms. The maximum atomic E-state index is 12.7. The van der Waals surface area contributed by atoms with Crippen molar-refractivity contribution >= 4 is 17.7 Å². The maximum absolute atomic E-state index is 12.7. The fraction of sp³-hybridized carbons (Fsp3) is 0.579. The number of para-hydroxylation sites is 1. The molecule has 2 amide bonds. The van der Waals surface area contributed by atoms with Crippen LogP contribution in [0.3, 0.4) is 0 Å². The van der Waals surface area contributed by atoms with E-state index < -0.39 is 17.4 Å². The molecule has 3 rings (SSSR count). The summed E-state index contributed by atoms with van der Waals surface area (Å²) >= 11 is 0. The number of anilines is 1. The van der Waals surface area contributed by atoms with Gasteiger partial charge in [-0.2, -0.15) is 0 Å². The van der Waals surface area contributed by atoms with Crippen LogP contribution in [0, 0.1) is 0 Å². The summed E-state index contributed by atoms with van der Waals surface area (Å²) in [4.78, 5) is 28.5. The van der Waals surface area contributed by atoms with Crippen molar-refractivity contribution in [3.63, 3.8) is 0 Å². The van der Waals surface area contributed by atoms with Gasteiger partial charge in [0.05, 0.1) is 19.1 Å². The van der Waals surface area contributed by atoms with Gasteiger partial charge in [-0.3, -0.25) is 9.69 Å². The zero-order valence-corrected chi connectivity index (χ0v) is 15.5. The lowest BCUT2D eigenvalue weighted by atomic mass is 10.1. The molecule has 2 heterocycles. The van der Waals surface area contributed by atoms with Crippen molar-refractivity contribution in [1.29, 1.82) is 0 Å². The predicted molar refractivity (Wildman–Crippen MR) is 94.4 cm³/mol. The third-order valence-corrected chi connectivity index (χ3v) is 4.48. The number of amides is 2. The lowest BCUT2D eigenvalue weighted by Crippen LogP contribution is -2.53. The summed E-state index contributed by atoms with van der Waals surface area (Å²) in [6.07, 6.45) is -0.0144. The molecule has 1 aromatic carbocycles. The Labute approximate surface area is 148 Å². The second kappa shape index (κ2) is 6.02. The van der Waals surface area contributed by atoms with Crippen LogP contribution in [0.4, 0.5) is 10.5 Å². The topological polar surface area (TPSA) is 59.1 Å². The first-order valence-electron chi connectivity index (χ1n) is 8.63. The van der Waals surface area contributed by atoms with Gasteiger partial charge in [0.25, 0.3) is 0 Å². The molecule has 0 saturated carbocycles. The first-order chi connectivity index (χ1) is 11.6. The largest absolute Gasteiger partial charge is 0.444 e. The summed E-state index contributed by atoms with van der Waals surface area (Å²) in [7, 11) is 0. The summed E-state index contributed by atoms with van der Waals surface area (Å²) < 4.78 is 11.4. The molecule has 0 unspecified atom stereocenters. The van der Waals surface area contributed by atoms with Crippen LogP contribution in [0.5, 0.6) is 0 Å². The SMILES string of the molecule is CC(C)(C)OC(=O)N1[C@@H](CN2C(=O)Cc3ccccc32)COC1(C)C. The maximum Gasteiger partial charge on any atom is 0.412 e. The first kappa shape index (κ1) is 17.7. The van der Waals surface area contributed by atoms with E-state index in [1.165, 1.54) is 0 Å². The Balaban J connectivity index is 1.82. The Morgan fingerprint density at radius 1 is 1.32 bits per heavy atom. The normalized spacial score (nSPS) is 22.3. The highest BCUT2D eigenvalue weighted by molar-refractivity contribution is 6.01. The van der Waals surface area contributed by atoms with Gasteiger partial charge in [-0.05, 0) is 46.2 Å². The summed E-state index contributed by atoms with van der Waals surface area (Å²) in [5.74, 6) is 0.0510. The lowest BCUT2D eigenvalue weighted by Gasteiger charge is -2.36. The van der Waals surface area contributed by atoms with Gasteiger partial charge in [0.15, 0.2) is 0 Å². The number of rotatable bonds is 2. The fourth-order valence-corrected chi connectivity index (χ4v) is 3.43. The minimum atomic E-state index is -0.769. The van der Waals surface area contributed by atoms with Gasteiger partial charge >= 0.3 is 6.09 Å². The average Bonchev–Trinajstić information content (AvgIpc) is 2.95. The van der Waals surface area contributed by atoms with Crippen LogP contribution >= 0.6 is 0 Å². The van der Waals surface area contributed by atoms with E-state index in [2.05, 4.69) is 0 Å². The van der Waals surface area contributed by atoms with E-state index >= 15 is 0 Å². The zero-order valence-electron chi connectivity index (χ0n) is 15.5. The number of fused-ring (bicyclic) bond motifs is 1. The molecule has 0 N–H and O–H groups in total. The highest BCUT2D eigenvalue weighted by Crippen LogP contribution is 2.33. The van der Waals surface area contributed by atoms with Crippen molar-refractivity contribution in [3.8, 4) is 0 Å². The van der Waals surface area contributed by atoms with Crippen LogP contribution in [0.15, 0.2) is 24.3 Å². The van der Waals surface area contributed by atoms with Gasteiger partial charge in [-0.15, -0.1) is 0 Å². The minimum absolute atomic E-state index is 0.0510. The average molecular weight is 346 g/mol. The van der Waals surface area contributed by atoms with Gasteiger partial charge in [-0.25, -0.2) is 4.79 Å². The molecule has 2 aliphatic rings. The number of hydrogen-bond acceptors (Lipinski definition) is 4. The molecule has 0 aliphatic carbocycles. The van der Waals surface area contributed by atoms with Crippen molar-refractivity contribution in [2.45, 2.75) is 58.4 Å². The fourth-order valence-electron chi connectivity index (χ4n) is 3.43. The van der Waals surface area contributed by atoms with Gasteiger partial charge in [-0.1, -0.05) is 18.2 Å². The van der Waals surface area contributed by atoms with Gasteiger partial charge in [0.1, 0.15) is 11.3 Å². The van der Waals surface area contributed by atoms with E-state index in [0.717, 1.165) is 11.3 Å². The Bertz CT molecular complexity index is 693. The van der Waals surface area contributed by atoms with Crippen molar-refractivity contribution in [2.75, 3.05) is 18.1 Å². The van der Waals surface area contributed by atoms with Crippen LogP contribution in [-0.2, 0) is 20.7 Å². The number of nitrogens with zero attached hydrogens (tertiary/aromatic N) is 2. The monoisotopic (exact) mass is 346 g/mol. The Morgan fingerprint density at radius 2 is 2.00 bits per heavy atom. The molecule has 1 saturated heterocycles. The third kappa shape index (κ3) is 3.49. The molecule has 136 valence electrons. The summed E-state index contributed by atoms with van der Waals surface area (Å²) in [5.41, 5.74) is 0.585. The molecule has 0 aromatic heterocycles. The van der Waals surface area contributed by atoms with Crippen LogP contribution in [-0.4, -0.2) is 47.4 Å². The standard InChI is InChI=1S/C19H26N2O4/c1-18(2,3)25-17(23)21-14(12-24-19(21,4)5)11-20-15-9-7-6-8-13(15)10-16(20)22/h6-9,14H,10-12H2,1-5H3/t14-/m0/s1. The Kier molecular flexibility index (Phi) is 4.27. The highest BCUT2D eigenvalue weighted by atomic mass is 16.6. The van der Waals surface area contributed by atoms with Crippen LogP contribution in [0.25, 0.3) is 0 Å².